The number of benzene rings is 1. The van der Waals surface area contributed by atoms with Crippen LogP contribution < -0.4 is 10.2 Å². The van der Waals surface area contributed by atoms with Crippen LogP contribution in [0.1, 0.15) is 32.1 Å². The van der Waals surface area contributed by atoms with E-state index in [-0.39, 0.29) is 28.3 Å². The van der Waals surface area contributed by atoms with E-state index in [1.165, 1.54) is 18.2 Å². The Hall–Kier alpha value is -2.91. The van der Waals surface area contributed by atoms with Crippen molar-refractivity contribution in [2.24, 2.45) is 0 Å². The fourth-order valence-corrected chi connectivity index (χ4v) is 4.01. The Morgan fingerprint density at radius 2 is 1.72 bits per heavy atom. The Morgan fingerprint density at radius 1 is 1.03 bits per heavy atom. The molecule has 0 unspecified atom stereocenters. The van der Waals surface area contributed by atoms with Gasteiger partial charge < -0.3 is 15.1 Å². The molecule has 0 amide bonds. The van der Waals surface area contributed by atoms with E-state index < -0.39 is 28.3 Å². The molecule has 0 radical (unpaired) electrons. The topological polar surface area (TPSA) is 65.5 Å². The van der Waals surface area contributed by atoms with Crippen LogP contribution in [0.5, 0.6) is 0 Å². The molecule has 1 aromatic heterocycles. The molecule has 1 fully saturated rings. The second-order valence-electron chi connectivity index (χ2n) is 7.84. The molecule has 0 atom stereocenters. The number of aromatic nitrogens is 1. The maximum absolute atomic E-state index is 13.9. The zero-order valence-corrected chi connectivity index (χ0v) is 18.1. The van der Waals surface area contributed by atoms with Crippen LogP contribution in [0.4, 0.5) is 24.5 Å². The Labute approximate surface area is 187 Å². The maximum atomic E-state index is 13.9. The van der Waals surface area contributed by atoms with Crippen LogP contribution in [0, 0.1) is 6.92 Å². The van der Waals surface area contributed by atoms with Gasteiger partial charge in [0.2, 0.25) is 11.6 Å². The average Bonchev–Trinajstić information content (AvgIpc) is 2.75. The monoisotopic (exact) mass is 464 g/mol. The number of carbonyl (C=O) groups excluding carboxylic acids is 2. The predicted molar refractivity (Wildman–Crippen MR) is 115 cm³/mol. The van der Waals surface area contributed by atoms with Gasteiger partial charge in [0.05, 0.1) is 11.1 Å². The SMILES string of the molecule is Cc1ccc2c(n1)C(=O)C(Cl)=C(Nc1ccc(N3CCN(C)CC3)c(C(F)(F)F)c1)C2=O. The number of halogens is 4. The first-order chi connectivity index (χ1) is 15.1. The minimum absolute atomic E-state index is 0.00743. The van der Waals surface area contributed by atoms with Crippen LogP contribution in [0.15, 0.2) is 41.1 Å². The van der Waals surface area contributed by atoms with Crippen molar-refractivity contribution in [3.8, 4) is 0 Å². The van der Waals surface area contributed by atoms with Crippen molar-refractivity contribution in [2.75, 3.05) is 43.4 Å². The first-order valence-electron chi connectivity index (χ1n) is 9.95. The highest BCUT2D eigenvalue weighted by atomic mass is 35.5. The maximum Gasteiger partial charge on any atom is 0.418 e. The summed E-state index contributed by atoms with van der Waals surface area (Å²) in [7, 11) is 1.92. The summed E-state index contributed by atoms with van der Waals surface area (Å²) in [6.07, 6.45) is -4.60. The van der Waals surface area contributed by atoms with E-state index in [1.807, 2.05) is 11.9 Å². The lowest BCUT2D eigenvalue weighted by Gasteiger charge is -2.35. The number of ketones is 2. The van der Waals surface area contributed by atoms with Gasteiger partial charge in [-0.05, 0) is 44.3 Å². The first kappa shape index (κ1) is 22.3. The molecule has 32 heavy (non-hydrogen) atoms. The van der Waals surface area contributed by atoms with E-state index in [0.29, 0.717) is 31.9 Å². The van der Waals surface area contributed by atoms with E-state index in [4.69, 9.17) is 11.6 Å². The molecule has 2 aliphatic rings. The van der Waals surface area contributed by atoms with E-state index in [1.54, 1.807) is 17.9 Å². The van der Waals surface area contributed by atoms with Crippen molar-refractivity contribution in [2.45, 2.75) is 13.1 Å². The lowest BCUT2D eigenvalue weighted by atomic mass is 9.96. The Balaban J connectivity index is 1.69. The fraction of sp³-hybridized carbons (Fsp3) is 0.318. The molecule has 0 bridgehead atoms. The largest absolute Gasteiger partial charge is 0.418 e. The number of allylic oxidation sites excluding steroid dienone is 2. The standard InChI is InChI=1S/C22H20ClF3N4O2/c1-12-3-5-14-18(27-12)21(32)17(23)19(20(14)31)28-13-4-6-16(15(11-13)22(24,25)26)30-9-7-29(2)8-10-30/h3-6,11,28H,7-10H2,1-2H3. The number of Topliss-reactive ketones (excluding diaryl/α,β-unsaturated/α-hetero) is 2. The second kappa shape index (κ2) is 8.22. The highest BCUT2D eigenvalue weighted by Gasteiger charge is 2.37. The summed E-state index contributed by atoms with van der Waals surface area (Å²) in [4.78, 5) is 33.3. The number of hydrogen-bond donors (Lipinski definition) is 1. The number of nitrogens with zero attached hydrogens (tertiary/aromatic N) is 3. The Bertz CT molecular complexity index is 1140. The third kappa shape index (κ3) is 4.10. The summed E-state index contributed by atoms with van der Waals surface area (Å²) in [5, 5.41) is 2.23. The van der Waals surface area contributed by atoms with Crippen molar-refractivity contribution in [1.29, 1.82) is 0 Å². The van der Waals surface area contributed by atoms with Gasteiger partial charge >= 0.3 is 6.18 Å². The minimum Gasteiger partial charge on any atom is -0.368 e. The molecule has 1 aliphatic carbocycles. The molecule has 6 nitrogen and oxygen atoms in total. The Kier molecular flexibility index (Phi) is 5.72. The molecule has 1 saturated heterocycles. The average molecular weight is 465 g/mol. The predicted octanol–water partition coefficient (Wildman–Crippen LogP) is 4.10. The van der Waals surface area contributed by atoms with Gasteiger partial charge in [-0.2, -0.15) is 13.2 Å². The van der Waals surface area contributed by atoms with Gasteiger partial charge in [0.1, 0.15) is 16.4 Å². The van der Waals surface area contributed by atoms with Crippen molar-refractivity contribution < 1.29 is 22.8 Å². The molecule has 2 heterocycles. The van der Waals surface area contributed by atoms with Crippen molar-refractivity contribution in [3.05, 3.63) is 63.6 Å². The number of aryl methyl sites for hydroxylation is 1. The van der Waals surface area contributed by atoms with Gasteiger partial charge in [-0.15, -0.1) is 0 Å². The third-order valence-corrected chi connectivity index (χ3v) is 5.92. The number of pyridine rings is 1. The van der Waals surface area contributed by atoms with Gasteiger partial charge in [0.25, 0.3) is 0 Å². The van der Waals surface area contributed by atoms with Crippen LogP contribution in [0.25, 0.3) is 0 Å². The summed E-state index contributed by atoms with van der Waals surface area (Å²) in [5.74, 6) is -1.26. The van der Waals surface area contributed by atoms with Crippen LogP contribution in [0.3, 0.4) is 0 Å². The highest BCUT2D eigenvalue weighted by Crippen LogP contribution is 2.39. The van der Waals surface area contributed by atoms with Crippen molar-refractivity contribution in [3.63, 3.8) is 0 Å². The molecule has 4 rings (SSSR count). The van der Waals surface area contributed by atoms with Gasteiger partial charge in [-0.25, -0.2) is 4.98 Å². The smallest absolute Gasteiger partial charge is 0.368 e. The lowest BCUT2D eigenvalue weighted by Crippen LogP contribution is -2.45. The first-order valence-corrected chi connectivity index (χ1v) is 10.3. The molecule has 10 heteroatoms. The zero-order valence-electron chi connectivity index (χ0n) is 17.4. The number of hydrogen-bond acceptors (Lipinski definition) is 6. The summed E-state index contributed by atoms with van der Waals surface area (Å²) in [6, 6.07) is 6.79. The molecular weight excluding hydrogens is 445 g/mol. The number of likely N-dealkylation sites (N-methyl/N-ethyl adjacent to an activating group) is 1. The van der Waals surface area contributed by atoms with Crippen molar-refractivity contribution in [1.82, 2.24) is 9.88 Å². The number of rotatable bonds is 3. The summed E-state index contributed by atoms with van der Waals surface area (Å²) in [5.41, 5.74) is -0.476. The van der Waals surface area contributed by atoms with Gasteiger partial charge in [-0.1, -0.05) is 11.6 Å². The van der Waals surface area contributed by atoms with Gasteiger partial charge in [0.15, 0.2) is 0 Å². The lowest BCUT2D eigenvalue weighted by molar-refractivity contribution is -0.137. The normalized spacial score (nSPS) is 17.6. The molecule has 0 spiro atoms. The van der Waals surface area contributed by atoms with E-state index in [2.05, 4.69) is 10.3 Å². The fourth-order valence-electron chi connectivity index (χ4n) is 3.78. The second-order valence-corrected chi connectivity index (χ2v) is 8.22. The number of nitrogens with one attached hydrogen (secondary N) is 1. The van der Waals surface area contributed by atoms with E-state index in [0.717, 1.165) is 6.07 Å². The van der Waals surface area contributed by atoms with Crippen LogP contribution >= 0.6 is 11.6 Å². The van der Waals surface area contributed by atoms with Crippen LogP contribution in [-0.4, -0.2) is 54.7 Å². The number of alkyl halides is 3. The number of piperazine rings is 1. The van der Waals surface area contributed by atoms with Gasteiger partial charge in [0, 0.05) is 43.2 Å². The summed E-state index contributed by atoms with van der Waals surface area (Å²) >= 11 is 6.13. The molecule has 1 N–H and O–H groups in total. The zero-order chi connectivity index (χ0) is 23.2. The molecular formula is C22H20ClF3N4O2. The third-order valence-electron chi connectivity index (χ3n) is 5.56. The molecule has 0 saturated carbocycles. The summed E-state index contributed by atoms with van der Waals surface area (Å²) < 4.78 is 41.6. The summed E-state index contributed by atoms with van der Waals surface area (Å²) in [6.45, 7) is 3.93. The quantitative estimate of drug-likeness (QED) is 0.737. The molecule has 1 aliphatic heterocycles. The number of carbonyl (C=O) groups is 2. The number of anilines is 2. The Morgan fingerprint density at radius 3 is 2.38 bits per heavy atom. The van der Waals surface area contributed by atoms with Gasteiger partial charge in [-0.3, -0.25) is 9.59 Å². The highest BCUT2D eigenvalue weighted by molar-refractivity contribution is 6.50. The number of fused-ring (bicyclic) bond motifs is 1. The minimum atomic E-state index is -4.60. The van der Waals surface area contributed by atoms with Crippen molar-refractivity contribution >= 4 is 34.5 Å². The molecule has 2 aromatic rings. The van der Waals surface area contributed by atoms with Crippen LogP contribution in [-0.2, 0) is 6.18 Å². The molecule has 168 valence electrons. The van der Waals surface area contributed by atoms with E-state index in [9.17, 15) is 22.8 Å². The van der Waals surface area contributed by atoms with Crippen LogP contribution in [0.2, 0.25) is 0 Å². The van der Waals surface area contributed by atoms with E-state index >= 15 is 0 Å². The molecule has 1 aromatic carbocycles.